The first-order valence-electron chi connectivity index (χ1n) is 14.7. The summed E-state index contributed by atoms with van der Waals surface area (Å²) < 4.78 is 4.71. The molecule has 0 atom stereocenters. The maximum atomic E-state index is 4.06. The number of hydrogen-bond donors (Lipinski definition) is 0. The van der Waals surface area contributed by atoms with Gasteiger partial charge in [0.05, 0.1) is 5.52 Å². The molecule has 2 nitrogen and oxygen atoms in total. The molecule has 0 saturated carbocycles. The second kappa shape index (κ2) is 12.8. The van der Waals surface area contributed by atoms with Crippen LogP contribution < -0.4 is 0 Å². The third-order valence-corrected chi connectivity index (χ3v) is 8.03. The molecule has 2 aromatic heterocycles. The van der Waals surface area contributed by atoms with Crippen LogP contribution in [0.4, 0.5) is 0 Å². The van der Waals surface area contributed by atoms with Crippen LogP contribution in [0.3, 0.4) is 0 Å². The summed E-state index contributed by atoms with van der Waals surface area (Å²) >= 11 is 0. The van der Waals surface area contributed by atoms with Crippen molar-refractivity contribution in [3.8, 4) is 16.8 Å². The van der Waals surface area contributed by atoms with Crippen LogP contribution in [-0.2, 0) is 13.5 Å². The van der Waals surface area contributed by atoms with Gasteiger partial charge >= 0.3 is 0 Å². The lowest BCUT2D eigenvalue weighted by Crippen LogP contribution is -2.02. The number of nitrogens with zero attached hydrogens (tertiary/aromatic N) is 2. The van der Waals surface area contributed by atoms with E-state index in [0.29, 0.717) is 0 Å². The summed E-state index contributed by atoms with van der Waals surface area (Å²) in [6.45, 7) is 14.0. The number of para-hydroxylation sites is 1. The number of benzene rings is 3. The Morgan fingerprint density at radius 1 is 0.833 bits per heavy atom. The van der Waals surface area contributed by atoms with Crippen molar-refractivity contribution in [2.24, 2.45) is 7.05 Å². The molecule has 2 heterocycles. The molecule has 210 valence electrons. The molecule has 0 aliphatic heterocycles. The average Bonchev–Trinajstić information content (AvgIpc) is 3.48. The van der Waals surface area contributed by atoms with Gasteiger partial charge in [0, 0.05) is 51.5 Å². The number of aromatic nitrogens is 2. The van der Waals surface area contributed by atoms with Gasteiger partial charge in [0.1, 0.15) is 0 Å². The van der Waals surface area contributed by atoms with E-state index in [2.05, 4.69) is 115 Å². The predicted molar refractivity (Wildman–Crippen MR) is 185 cm³/mol. The Kier molecular flexibility index (Phi) is 8.74. The van der Waals surface area contributed by atoms with Gasteiger partial charge < -0.3 is 9.13 Å². The summed E-state index contributed by atoms with van der Waals surface area (Å²) in [6, 6.07) is 24.5. The lowest BCUT2D eigenvalue weighted by molar-refractivity contribution is 0.888. The zero-order valence-electron chi connectivity index (χ0n) is 25.3. The maximum absolute atomic E-state index is 4.06. The Morgan fingerprint density at radius 3 is 2.33 bits per heavy atom. The monoisotopic (exact) mass is 548 g/mol. The Balaban J connectivity index is 0.000000305. The molecule has 0 radical (unpaired) electrons. The van der Waals surface area contributed by atoms with Crippen LogP contribution in [0.25, 0.3) is 50.8 Å². The van der Waals surface area contributed by atoms with Gasteiger partial charge in [-0.15, -0.1) is 0 Å². The Labute approximate surface area is 250 Å². The van der Waals surface area contributed by atoms with Crippen molar-refractivity contribution < 1.29 is 0 Å². The third-order valence-electron chi connectivity index (χ3n) is 8.03. The minimum absolute atomic E-state index is 1.03. The van der Waals surface area contributed by atoms with E-state index in [-0.39, 0.29) is 0 Å². The maximum Gasteiger partial charge on any atom is 0.0543 e. The molecule has 0 N–H and O–H groups in total. The molecule has 5 aromatic rings. The first-order valence-corrected chi connectivity index (χ1v) is 14.7. The molecule has 42 heavy (non-hydrogen) atoms. The van der Waals surface area contributed by atoms with Gasteiger partial charge in [-0.1, -0.05) is 104 Å². The highest BCUT2D eigenvalue weighted by atomic mass is 15.0. The van der Waals surface area contributed by atoms with E-state index in [4.69, 9.17) is 0 Å². The Hall–Kier alpha value is -4.82. The van der Waals surface area contributed by atoms with Crippen LogP contribution in [0, 0.1) is 6.92 Å². The highest BCUT2D eigenvalue weighted by Crippen LogP contribution is 2.37. The molecule has 0 unspecified atom stereocenters. The van der Waals surface area contributed by atoms with Crippen molar-refractivity contribution >= 4 is 34.0 Å². The molecular formula is C40H40N2. The van der Waals surface area contributed by atoms with Crippen LogP contribution in [0.15, 0.2) is 128 Å². The van der Waals surface area contributed by atoms with Crippen molar-refractivity contribution in [1.29, 1.82) is 0 Å². The van der Waals surface area contributed by atoms with E-state index >= 15 is 0 Å². The average molecular weight is 549 g/mol. The Bertz CT molecular complexity index is 1880. The zero-order valence-corrected chi connectivity index (χ0v) is 25.3. The minimum atomic E-state index is 1.03. The zero-order chi connectivity index (χ0) is 29.6. The van der Waals surface area contributed by atoms with Crippen LogP contribution in [-0.4, -0.2) is 9.13 Å². The first-order chi connectivity index (χ1) is 20.5. The van der Waals surface area contributed by atoms with E-state index in [1.807, 2.05) is 56.4 Å². The van der Waals surface area contributed by atoms with Crippen LogP contribution in [0.1, 0.15) is 42.8 Å². The fourth-order valence-electron chi connectivity index (χ4n) is 5.87. The van der Waals surface area contributed by atoms with Gasteiger partial charge in [-0.05, 0) is 80.6 Å². The molecule has 3 aromatic carbocycles. The number of rotatable bonds is 6. The lowest BCUT2D eigenvalue weighted by Gasteiger charge is -2.13. The highest BCUT2D eigenvalue weighted by Gasteiger charge is 2.19. The van der Waals surface area contributed by atoms with Crippen molar-refractivity contribution in [3.63, 3.8) is 0 Å². The third kappa shape index (κ3) is 5.53. The molecule has 1 aliphatic rings. The van der Waals surface area contributed by atoms with Gasteiger partial charge in [-0.3, -0.25) is 0 Å². The molecule has 2 heteroatoms. The summed E-state index contributed by atoms with van der Waals surface area (Å²) in [6.07, 6.45) is 20.6. The number of aryl methyl sites for hydroxylation is 1. The molecule has 0 spiro atoms. The van der Waals surface area contributed by atoms with Crippen LogP contribution in [0.5, 0.6) is 0 Å². The van der Waals surface area contributed by atoms with E-state index in [1.54, 1.807) is 0 Å². The molecule has 1 aliphatic carbocycles. The Morgan fingerprint density at radius 2 is 1.60 bits per heavy atom. The van der Waals surface area contributed by atoms with Crippen LogP contribution in [0.2, 0.25) is 0 Å². The van der Waals surface area contributed by atoms with Crippen LogP contribution >= 0.6 is 0 Å². The summed E-state index contributed by atoms with van der Waals surface area (Å²) in [5.41, 5.74) is 12.5. The van der Waals surface area contributed by atoms with E-state index in [9.17, 15) is 0 Å². The second-order valence-corrected chi connectivity index (χ2v) is 10.7. The summed E-state index contributed by atoms with van der Waals surface area (Å²) in [5, 5.41) is 2.59. The normalized spacial score (nSPS) is 12.9. The van der Waals surface area contributed by atoms with Gasteiger partial charge in [0.25, 0.3) is 0 Å². The fourth-order valence-corrected chi connectivity index (χ4v) is 5.87. The number of allylic oxidation sites excluding steroid dienone is 8. The predicted octanol–water partition coefficient (Wildman–Crippen LogP) is 11.0. The molecule has 0 amide bonds. The van der Waals surface area contributed by atoms with Crippen molar-refractivity contribution in [3.05, 3.63) is 151 Å². The summed E-state index contributed by atoms with van der Waals surface area (Å²) in [7, 11) is 2.13. The second-order valence-electron chi connectivity index (χ2n) is 10.7. The summed E-state index contributed by atoms with van der Waals surface area (Å²) in [4.78, 5) is 0. The topological polar surface area (TPSA) is 9.86 Å². The van der Waals surface area contributed by atoms with Gasteiger partial charge in [0.15, 0.2) is 0 Å². The van der Waals surface area contributed by atoms with Gasteiger partial charge in [-0.25, -0.2) is 0 Å². The number of hydrogen-bond acceptors (Lipinski definition) is 0. The molecule has 0 bridgehead atoms. The smallest absolute Gasteiger partial charge is 0.0543 e. The molecule has 0 fully saturated rings. The van der Waals surface area contributed by atoms with Gasteiger partial charge in [-0.2, -0.15) is 0 Å². The van der Waals surface area contributed by atoms with Crippen molar-refractivity contribution in [2.45, 2.75) is 33.6 Å². The minimum Gasteiger partial charge on any atom is -0.347 e. The molecule has 6 rings (SSSR count). The largest absolute Gasteiger partial charge is 0.347 e. The standard InChI is InChI=1S/C30H26N2.C10H14/c1-4-24-20(2)31(3)28-17-15-21(18-27(24)28)22-14-16-26-25-12-8-9-13-29(25)32(30(26)19-22)23-10-6-5-7-11-23;1-4-6-7-9-10(3)8-5-2/h4-8,10-12,14-19H,1,9,13H2,2-3H3;4-9H,3H2,1-2H3/b;6-4-,8-5+,9-7-. The SMILES string of the molecule is C=C(/C=C\C=C/C)/C=C/C.C=Cc1c(C)n(C)c2ccc(-c3ccc4c5c(n(-c6ccccc6)c4c3)CCC=C5)cc12. The first kappa shape index (κ1) is 28.7. The highest BCUT2D eigenvalue weighted by molar-refractivity contribution is 5.98. The van der Waals surface area contributed by atoms with E-state index in [1.165, 1.54) is 61.1 Å². The molecular weight excluding hydrogens is 508 g/mol. The lowest BCUT2D eigenvalue weighted by atomic mass is 9.99. The van der Waals surface area contributed by atoms with E-state index < -0.39 is 0 Å². The quantitative estimate of drug-likeness (QED) is 0.187. The molecule has 0 saturated heterocycles. The summed E-state index contributed by atoms with van der Waals surface area (Å²) in [5.74, 6) is 0. The van der Waals surface area contributed by atoms with Crippen molar-refractivity contribution in [2.75, 3.05) is 0 Å². The van der Waals surface area contributed by atoms with E-state index in [0.717, 1.165) is 18.4 Å². The fraction of sp³-hybridized carbons (Fsp3) is 0.150. The number of fused-ring (bicyclic) bond motifs is 4. The van der Waals surface area contributed by atoms with Gasteiger partial charge in [0.2, 0.25) is 0 Å². The van der Waals surface area contributed by atoms with Crippen molar-refractivity contribution in [1.82, 2.24) is 9.13 Å².